The standard InChI is InChI=1S/C17H16N4O2S/c1-11(22)21-5-4-12-8-13(2-3-15(12)21)16(23)18-9-14-10-20-6-7-24-17(20)19-14/h2-3,6-8,10H,4-5,9H2,1H3,(H,18,23). The van der Waals surface area contributed by atoms with Gasteiger partial charge < -0.3 is 10.2 Å². The summed E-state index contributed by atoms with van der Waals surface area (Å²) in [6, 6.07) is 5.49. The Hall–Kier alpha value is -2.67. The Bertz CT molecular complexity index is 915. The second kappa shape index (κ2) is 5.76. The number of fused-ring (bicyclic) bond motifs is 2. The average Bonchev–Trinajstić information content (AvgIpc) is 3.25. The molecule has 122 valence electrons. The summed E-state index contributed by atoms with van der Waals surface area (Å²) in [4.78, 5) is 31.1. The topological polar surface area (TPSA) is 66.7 Å². The highest BCUT2D eigenvalue weighted by Crippen LogP contribution is 2.28. The van der Waals surface area contributed by atoms with Crippen molar-refractivity contribution in [1.29, 1.82) is 0 Å². The van der Waals surface area contributed by atoms with Gasteiger partial charge in [-0.3, -0.25) is 14.0 Å². The fourth-order valence-electron chi connectivity index (χ4n) is 3.00. The number of thiazole rings is 1. The van der Waals surface area contributed by atoms with Gasteiger partial charge in [0.1, 0.15) is 0 Å². The Balaban J connectivity index is 1.47. The van der Waals surface area contributed by atoms with Gasteiger partial charge >= 0.3 is 0 Å². The fourth-order valence-corrected chi connectivity index (χ4v) is 3.72. The average molecular weight is 340 g/mol. The van der Waals surface area contributed by atoms with Gasteiger partial charge in [-0.2, -0.15) is 0 Å². The monoisotopic (exact) mass is 340 g/mol. The summed E-state index contributed by atoms with van der Waals surface area (Å²) >= 11 is 1.56. The van der Waals surface area contributed by atoms with Crippen LogP contribution in [0.3, 0.4) is 0 Å². The molecule has 0 bridgehead atoms. The van der Waals surface area contributed by atoms with Crippen molar-refractivity contribution < 1.29 is 9.59 Å². The van der Waals surface area contributed by atoms with Crippen LogP contribution in [0.5, 0.6) is 0 Å². The third-order valence-electron chi connectivity index (χ3n) is 4.19. The second-order valence-corrected chi connectivity index (χ2v) is 6.64. The molecule has 3 heterocycles. The summed E-state index contributed by atoms with van der Waals surface area (Å²) in [6.07, 6.45) is 4.65. The van der Waals surface area contributed by atoms with E-state index in [0.717, 1.165) is 28.3 Å². The molecular weight excluding hydrogens is 324 g/mol. The lowest BCUT2D eigenvalue weighted by Crippen LogP contribution is -2.26. The highest BCUT2D eigenvalue weighted by Gasteiger charge is 2.23. The number of amides is 2. The maximum atomic E-state index is 12.4. The van der Waals surface area contributed by atoms with E-state index < -0.39 is 0 Å². The van der Waals surface area contributed by atoms with Crippen LogP contribution in [0.2, 0.25) is 0 Å². The lowest BCUT2D eigenvalue weighted by atomic mass is 10.1. The van der Waals surface area contributed by atoms with Crippen molar-refractivity contribution >= 4 is 33.8 Å². The van der Waals surface area contributed by atoms with Crippen molar-refractivity contribution in [2.45, 2.75) is 19.9 Å². The Morgan fingerprint density at radius 3 is 3.04 bits per heavy atom. The number of nitrogens with zero attached hydrogens (tertiary/aromatic N) is 3. The van der Waals surface area contributed by atoms with Crippen LogP contribution in [-0.2, 0) is 17.8 Å². The van der Waals surface area contributed by atoms with Gasteiger partial charge in [0.15, 0.2) is 4.96 Å². The van der Waals surface area contributed by atoms with Gasteiger partial charge in [0, 0.05) is 42.5 Å². The molecule has 1 aliphatic rings. The number of anilines is 1. The van der Waals surface area contributed by atoms with Crippen molar-refractivity contribution in [1.82, 2.24) is 14.7 Å². The SMILES string of the molecule is CC(=O)N1CCc2cc(C(=O)NCc3cn4ccsc4n3)ccc21. The van der Waals surface area contributed by atoms with Gasteiger partial charge in [-0.05, 0) is 30.2 Å². The van der Waals surface area contributed by atoms with E-state index in [1.165, 1.54) is 0 Å². The predicted molar refractivity (Wildman–Crippen MR) is 92.4 cm³/mol. The molecule has 0 saturated carbocycles. The molecule has 0 spiro atoms. The first kappa shape index (κ1) is 14.9. The number of nitrogens with one attached hydrogen (secondary N) is 1. The normalized spacial score (nSPS) is 13.3. The quantitative estimate of drug-likeness (QED) is 0.795. The largest absolute Gasteiger partial charge is 0.346 e. The number of imidazole rings is 1. The molecule has 0 atom stereocenters. The van der Waals surface area contributed by atoms with Crippen LogP contribution in [0.15, 0.2) is 36.0 Å². The van der Waals surface area contributed by atoms with Crippen molar-refractivity contribution in [2.75, 3.05) is 11.4 Å². The highest BCUT2D eigenvalue weighted by molar-refractivity contribution is 7.15. The molecule has 4 rings (SSSR count). The first-order chi connectivity index (χ1) is 11.6. The summed E-state index contributed by atoms with van der Waals surface area (Å²) in [5.74, 6) is -0.0962. The summed E-state index contributed by atoms with van der Waals surface area (Å²) in [6.45, 7) is 2.64. The number of rotatable bonds is 3. The molecule has 0 fully saturated rings. The number of aromatic nitrogens is 2. The molecule has 6 nitrogen and oxygen atoms in total. The first-order valence-corrected chi connectivity index (χ1v) is 8.60. The lowest BCUT2D eigenvalue weighted by Gasteiger charge is -2.14. The van der Waals surface area contributed by atoms with Crippen LogP contribution in [0.25, 0.3) is 4.96 Å². The third-order valence-corrected chi connectivity index (χ3v) is 4.96. The van der Waals surface area contributed by atoms with E-state index in [-0.39, 0.29) is 11.8 Å². The Kier molecular flexibility index (Phi) is 3.57. The van der Waals surface area contributed by atoms with E-state index in [1.54, 1.807) is 29.2 Å². The van der Waals surface area contributed by atoms with Crippen LogP contribution >= 0.6 is 11.3 Å². The van der Waals surface area contributed by atoms with Crippen LogP contribution < -0.4 is 10.2 Å². The van der Waals surface area contributed by atoms with E-state index in [2.05, 4.69) is 10.3 Å². The molecule has 0 radical (unpaired) electrons. The molecule has 2 amide bonds. The van der Waals surface area contributed by atoms with Gasteiger partial charge in [0.25, 0.3) is 5.91 Å². The summed E-state index contributed by atoms with van der Waals surface area (Å²) < 4.78 is 1.94. The number of benzene rings is 1. The molecule has 7 heteroatoms. The van der Waals surface area contributed by atoms with Crippen molar-refractivity contribution in [2.24, 2.45) is 0 Å². The van der Waals surface area contributed by atoms with Gasteiger partial charge in [0.2, 0.25) is 5.91 Å². The van der Waals surface area contributed by atoms with E-state index >= 15 is 0 Å². The second-order valence-electron chi connectivity index (χ2n) is 5.77. The van der Waals surface area contributed by atoms with E-state index in [4.69, 9.17) is 0 Å². The van der Waals surface area contributed by atoms with E-state index in [1.807, 2.05) is 34.3 Å². The smallest absolute Gasteiger partial charge is 0.251 e. The van der Waals surface area contributed by atoms with Crippen molar-refractivity contribution in [3.05, 3.63) is 52.8 Å². The summed E-state index contributed by atoms with van der Waals surface area (Å²) in [5, 5.41) is 4.87. The number of carbonyl (C=O) groups excluding carboxylic acids is 2. The molecule has 24 heavy (non-hydrogen) atoms. The van der Waals surface area contributed by atoms with Crippen LogP contribution in [0, 0.1) is 0 Å². The number of carbonyl (C=O) groups is 2. The summed E-state index contributed by atoms with van der Waals surface area (Å²) in [5.41, 5.74) is 3.40. The van der Waals surface area contributed by atoms with Gasteiger partial charge in [-0.15, -0.1) is 11.3 Å². The first-order valence-electron chi connectivity index (χ1n) is 7.72. The van der Waals surface area contributed by atoms with E-state index in [0.29, 0.717) is 18.7 Å². The zero-order chi connectivity index (χ0) is 16.7. The molecule has 3 aromatic rings. The minimum atomic E-state index is -0.129. The molecule has 0 unspecified atom stereocenters. The minimum Gasteiger partial charge on any atom is -0.346 e. The molecule has 0 aliphatic carbocycles. The fraction of sp³-hybridized carbons (Fsp3) is 0.235. The van der Waals surface area contributed by atoms with E-state index in [9.17, 15) is 9.59 Å². The predicted octanol–water partition coefficient (Wildman–Crippen LogP) is 2.23. The molecule has 2 aromatic heterocycles. The highest BCUT2D eigenvalue weighted by atomic mass is 32.1. The number of hydrogen-bond acceptors (Lipinski definition) is 4. The van der Waals surface area contributed by atoms with Gasteiger partial charge in [0.05, 0.1) is 12.2 Å². The third kappa shape index (κ3) is 2.56. The van der Waals surface area contributed by atoms with Crippen molar-refractivity contribution in [3.8, 4) is 0 Å². The van der Waals surface area contributed by atoms with Gasteiger partial charge in [-0.1, -0.05) is 0 Å². The van der Waals surface area contributed by atoms with Crippen molar-refractivity contribution in [3.63, 3.8) is 0 Å². The Morgan fingerprint density at radius 1 is 1.38 bits per heavy atom. The molecular formula is C17H16N4O2S. The Morgan fingerprint density at radius 2 is 2.25 bits per heavy atom. The zero-order valence-corrected chi connectivity index (χ0v) is 14.0. The molecule has 1 N–H and O–H groups in total. The van der Waals surface area contributed by atoms with Crippen LogP contribution in [-0.4, -0.2) is 27.7 Å². The maximum absolute atomic E-state index is 12.4. The van der Waals surface area contributed by atoms with Crippen LogP contribution in [0.1, 0.15) is 28.5 Å². The van der Waals surface area contributed by atoms with Gasteiger partial charge in [-0.25, -0.2) is 4.98 Å². The summed E-state index contributed by atoms with van der Waals surface area (Å²) in [7, 11) is 0. The zero-order valence-electron chi connectivity index (χ0n) is 13.2. The maximum Gasteiger partial charge on any atom is 0.251 e. The van der Waals surface area contributed by atoms with Crippen LogP contribution in [0.4, 0.5) is 5.69 Å². The lowest BCUT2D eigenvalue weighted by molar-refractivity contribution is -0.116. The molecule has 0 saturated heterocycles. The molecule has 1 aromatic carbocycles. The molecule has 1 aliphatic heterocycles. The number of hydrogen-bond donors (Lipinski definition) is 1. The Labute approximate surface area is 142 Å². The minimum absolute atomic E-state index is 0.0331.